The average Bonchev–Trinajstić information content (AvgIpc) is 3.01. The lowest BCUT2D eigenvalue weighted by molar-refractivity contribution is 0.582. The SMILES string of the molecule is O=c1[nH]c(C2CCCN2)nn1Cc1ccccc1. The summed E-state index contributed by atoms with van der Waals surface area (Å²) >= 11 is 0. The second-order valence-electron chi connectivity index (χ2n) is 4.61. The summed E-state index contributed by atoms with van der Waals surface area (Å²) in [6, 6.07) is 10.1. The number of aromatic nitrogens is 3. The van der Waals surface area contributed by atoms with Crippen LogP contribution in [0.5, 0.6) is 0 Å². The zero-order chi connectivity index (χ0) is 12.4. The molecule has 1 aromatic heterocycles. The smallest absolute Gasteiger partial charge is 0.307 e. The van der Waals surface area contributed by atoms with Gasteiger partial charge in [-0.15, -0.1) is 0 Å². The van der Waals surface area contributed by atoms with Gasteiger partial charge in [-0.1, -0.05) is 30.3 Å². The van der Waals surface area contributed by atoms with Gasteiger partial charge in [0.05, 0.1) is 12.6 Å². The number of rotatable bonds is 3. The zero-order valence-electron chi connectivity index (χ0n) is 10.1. The summed E-state index contributed by atoms with van der Waals surface area (Å²) in [4.78, 5) is 14.7. The van der Waals surface area contributed by atoms with Gasteiger partial charge in [-0.2, -0.15) is 5.10 Å². The summed E-state index contributed by atoms with van der Waals surface area (Å²) < 4.78 is 1.49. The Hall–Kier alpha value is -1.88. The minimum Gasteiger partial charge on any atom is -0.307 e. The minimum atomic E-state index is -0.137. The van der Waals surface area contributed by atoms with Crippen molar-refractivity contribution in [3.05, 3.63) is 52.2 Å². The van der Waals surface area contributed by atoms with Gasteiger partial charge in [-0.3, -0.25) is 4.98 Å². The van der Waals surface area contributed by atoms with Gasteiger partial charge in [-0.25, -0.2) is 9.48 Å². The highest BCUT2D eigenvalue weighted by Crippen LogP contribution is 2.18. The van der Waals surface area contributed by atoms with E-state index >= 15 is 0 Å². The first kappa shape index (κ1) is 11.2. The molecule has 1 saturated heterocycles. The molecule has 5 nitrogen and oxygen atoms in total. The molecule has 1 aliphatic rings. The number of aromatic amines is 1. The molecule has 5 heteroatoms. The molecule has 0 spiro atoms. The fraction of sp³-hybridized carbons (Fsp3) is 0.385. The summed E-state index contributed by atoms with van der Waals surface area (Å²) in [6.45, 7) is 1.52. The van der Waals surface area contributed by atoms with Gasteiger partial charge in [0, 0.05) is 0 Å². The van der Waals surface area contributed by atoms with E-state index in [4.69, 9.17) is 0 Å². The Balaban J connectivity index is 1.82. The fourth-order valence-corrected chi connectivity index (χ4v) is 2.31. The second-order valence-corrected chi connectivity index (χ2v) is 4.61. The third-order valence-corrected chi connectivity index (χ3v) is 3.26. The van der Waals surface area contributed by atoms with Crippen molar-refractivity contribution in [2.45, 2.75) is 25.4 Å². The van der Waals surface area contributed by atoms with E-state index in [-0.39, 0.29) is 11.7 Å². The lowest BCUT2D eigenvalue weighted by atomic mass is 10.2. The number of nitrogens with zero attached hydrogens (tertiary/aromatic N) is 2. The number of H-pyrrole nitrogens is 1. The average molecular weight is 244 g/mol. The van der Waals surface area contributed by atoms with E-state index in [1.54, 1.807) is 0 Å². The Morgan fingerprint density at radius 3 is 2.89 bits per heavy atom. The molecule has 94 valence electrons. The topological polar surface area (TPSA) is 62.7 Å². The molecule has 1 aromatic carbocycles. The lowest BCUT2D eigenvalue weighted by Crippen LogP contribution is -2.18. The first-order valence-electron chi connectivity index (χ1n) is 6.27. The Labute approximate surface area is 105 Å². The minimum absolute atomic E-state index is 0.137. The van der Waals surface area contributed by atoms with E-state index in [9.17, 15) is 4.79 Å². The van der Waals surface area contributed by atoms with Crippen molar-refractivity contribution in [3.8, 4) is 0 Å². The van der Waals surface area contributed by atoms with Crippen LogP contribution in [0.2, 0.25) is 0 Å². The van der Waals surface area contributed by atoms with E-state index in [1.165, 1.54) is 4.68 Å². The van der Waals surface area contributed by atoms with Crippen LogP contribution in [-0.2, 0) is 6.54 Å². The maximum absolute atomic E-state index is 11.8. The number of hydrogen-bond acceptors (Lipinski definition) is 3. The van der Waals surface area contributed by atoms with Crippen molar-refractivity contribution in [2.75, 3.05) is 6.54 Å². The van der Waals surface area contributed by atoms with E-state index in [0.717, 1.165) is 30.8 Å². The van der Waals surface area contributed by atoms with Crippen LogP contribution in [0.1, 0.15) is 30.3 Å². The number of benzene rings is 1. The van der Waals surface area contributed by atoms with E-state index in [0.29, 0.717) is 6.54 Å². The molecular formula is C13H16N4O. The first-order valence-corrected chi connectivity index (χ1v) is 6.27. The third kappa shape index (κ3) is 2.22. The molecule has 1 atom stereocenters. The molecular weight excluding hydrogens is 228 g/mol. The van der Waals surface area contributed by atoms with Gasteiger partial charge in [0.1, 0.15) is 5.82 Å². The molecule has 1 unspecified atom stereocenters. The molecule has 2 heterocycles. The van der Waals surface area contributed by atoms with Crippen molar-refractivity contribution >= 4 is 0 Å². The van der Waals surface area contributed by atoms with Crippen LogP contribution in [0, 0.1) is 0 Å². The van der Waals surface area contributed by atoms with E-state index < -0.39 is 0 Å². The van der Waals surface area contributed by atoms with Gasteiger partial charge in [0.25, 0.3) is 0 Å². The van der Waals surface area contributed by atoms with Crippen molar-refractivity contribution in [1.29, 1.82) is 0 Å². The lowest BCUT2D eigenvalue weighted by Gasteiger charge is -2.04. The second kappa shape index (κ2) is 4.78. The summed E-state index contributed by atoms with van der Waals surface area (Å²) in [5.74, 6) is 0.758. The highest BCUT2D eigenvalue weighted by Gasteiger charge is 2.20. The molecule has 0 radical (unpaired) electrons. The van der Waals surface area contributed by atoms with Gasteiger partial charge in [0.2, 0.25) is 0 Å². The van der Waals surface area contributed by atoms with Crippen molar-refractivity contribution in [3.63, 3.8) is 0 Å². The monoisotopic (exact) mass is 244 g/mol. The predicted octanol–water partition coefficient (Wildman–Crippen LogP) is 1.04. The molecule has 3 rings (SSSR count). The van der Waals surface area contributed by atoms with E-state index in [2.05, 4.69) is 15.4 Å². The maximum atomic E-state index is 11.8. The normalized spacial score (nSPS) is 19.2. The quantitative estimate of drug-likeness (QED) is 0.848. The number of hydrogen-bond donors (Lipinski definition) is 2. The van der Waals surface area contributed by atoms with Crippen molar-refractivity contribution in [2.24, 2.45) is 0 Å². The van der Waals surface area contributed by atoms with Crippen molar-refractivity contribution in [1.82, 2.24) is 20.1 Å². The largest absolute Gasteiger partial charge is 0.343 e. The zero-order valence-corrected chi connectivity index (χ0v) is 10.1. The van der Waals surface area contributed by atoms with Crippen LogP contribution in [0.25, 0.3) is 0 Å². The molecule has 2 N–H and O–H groups in total. The van der Waals surface area contributed by atoms with Gasteiger partial charge >= 0.3 is 5.69 Å². The van der Waals surface area contributed by atoms with Crippen LogP contribution in [-0.4, -0.2) is 21.3 Å². The summed E-state index contributed by atoms with van der Waals surface area (Å²) in [6.07, 6.45) is 2.18. The van der Waals surface area contributed by atoms with Gasteiger partial charge in [0.15, 0.2) is 0 Å². The molecule has 18 heavy (non-hydrogen) atoms. The van der Waals surface area contributed by atoms with Crippen LogP contribution >= 0.6 is 0 Å². The molecule has 0 bridgehead atoms. The molecule has 0 amide bonds. The Morgan fingerprint density at radius 1 is 1.33 bits per heavy atom. The highest BCUT2D eigenvalue weighted by molar-refractivity contribution is 5.14. The fourth-order valence-electron chi connectivity index (χ4n) is 2.31. The van der Waals surface area contributed by atoms with Crippen LogP contribution in [0.4, 0.5) is 0 Å². The van der Waals surface area contributed by atoms with Crippen LogP contribution in [0.15, 0.2) is 35.1 Å². The summed E-state index contributed by atoms with van der Waals surface area (Å²) in [5, 5.41) is 7.70. The molecule has 0 saturated carbocycles. The molecule has 1 fully saturated rings. The Morgan fingerprint density at radius 2 is 2.17 bits per heavy atom. The standard InChI is InChI=1S/C13H16N4O/c18-13-15-12(11-7-4-8-14-11)16-17(13)9-10-5-2-1-3-6-10/h1-3,5-6,11,14H,4,7-9H2,(H,15,16,18). The number of nitrogens with one attached hydrogen (secondary N) is 2. The Bertz CT molecular complexity index is 566. The molecule has 1 aliphatic heterocycles. The van der Waals surface area contributed by atoms with Crippen molar-refractivity contribution < 1.29 is 0 Å². The van der Waals surface area contributed by atoms with Crippen LogP contribution < -0.4 is 11.0 Å². The maximum Gasteiger partial charge on any atom is 0.343 e. The molecule has 2 aromatic rings. The van der Waals surface area contributed by atoms with Gasteiger partial charge in [-0.05, 0) is 24.9 Å². The van der Waals surface area contributed by atoms with Crippen LogP contribution in [0.3, 0.4) is 0 Å². The Kier molecular flexibility index (Phi) is 2.98. The van der Waals surface area contributed by atoms with Gasteiger partial charge < -0.3 is 5.32 Å². The van der Waals surface area contributed by atoms with E-state index in [1.807, 2.05) is 30.3 Å². The summed E-state index contributed by atoms with van der Waals surface area (Å²) in [7, 11) is 0. The first-order chi connectivity index (χ1) is 8.83. The predicted molar refractivity (Wildman–Crippen MR) is 68.4 cm³/mol. The molecule has 0 aliphatic carbocycles. The third-order valence-electron chi connectivity index (χ3n) is 3.26. The highest BCUT2D eigenvalue weighted by atomic mass is 16.1. The summed E-state index contributed by atoms with van der Waals surface area (Å²) in [5.41, 5.74) is 0.944.